The summed E-state index contributed by atoms with van der Waals surface area (Å²) in [4.78, 5) is 21.8. The Morgan fingerprint density at radius 2 is 1.52 bits per heavy atom. The molecule has 1 aliphatic heterocycles. The molecule has 0 spiro atoms. The Morgan fingerprint density at radius 3 is 2.26 bits per heavy atom. The molecule has 1 fully saturated rings. The molecule has 0 unspecified atom stereocenters. The van der Waals surface area contributed by atoms with Crippen LogP contribution in [0.2, 0.25) is 0 Å². The second-order valence-electron chi connectivity index (χ2n) is 7.76. The number of rotatable bonds is 4. The van der Waals surface area contributed by atoms with Gasteiger partial charge in [-0.25, -0.2) is 9.37 Å². The topological polar surface area (TPSA) is 41.4 Å². The normalized spacial score (nSPS) is 14.2. The maximum Gasteiger partial charge on any atom is 0.253 e. The third-order valence-electron chi connectivity index (χ3n) is 5.76. The summed E-state index contributed by atoms with van der Waals surface area (Å²) in [6.07, 6.45) is 0. The van der Waals surface area contributed by atoms with Crippen molar-refractivity contribution >= 4 is 22.9 Å². The van der Waals surface area contributed by atoms with Gasteiger partial charge in [-0.1, -0.05) is 42.5 Å². The zero-order valence-corrected chi connectivity index (χ0v) is 17.1. The zero-order valence-electron chi connectivity index (χ0n) is 17.1. The van der Waals surface area contributed by atoms with Crippen LogP contribution < -0.4 is 4.90 Å². The van der Waals surface area contributed by atoms with Crippen LogP contribution in [0.1, 0.15) is 15.9 Å². The molecule has 2 heterocycles. The highest BCUT2D eigenvalue weighted by atomic mass is 19.1. The Hall–Kier alpha value is -3.67. The van der Waals surface area contributed by atoms with Gasteiger partial charge in [-0.2, -0.15) is 0 Å². The lowest BCUT2D eigenvalue weighted by Gasteiger charge is -2.35. The van der Waals surface area contributed by atoms with Crippen molar-refractivity contribution < 1.29 is 9.18 Å². The molecule has 0 atom stereocenters. The maximum atomic E-state index is 13.4. The van der Waals surface area contributed by atoms with E-state index in [1.165, 1.54) is 12.1 Å². The number of piperazine rings is 1. The SMILES string of the molecule is O=C(c1ccccc1)N1CCN(c2nc3ccccc3n2Cc2ccc(F)cc2)CC1. The number of anilines is 1. The molecule has 5 rings (SSSR count). The molecule has 1 aromatic heterocycles. The Kier molecular flexibility index (Phi) is 5.12. The summed E-state index contributed by atoms with van der Waals surface area (Å²) in [6, 6.07) is 24.1. The lowest BCUT2D eigenvalue weighted by Crippen LogP contribution is -2.49. The smallest absolute Gasteiger partial charge is 0.253 e. The maximum absolute atomic E-state index is 13.4. The second-order valence-corrected chi connectivity index (χ2v) is 7.76. The standard InChI is InChI=1S/C25H23FN4O/c26-21-12-10-19(11-13-21)18-30-23-9-5-4-8-22(23)27-25(30)29-16-14-28(15-17-29)24(31)20-6-2-1-3-7-20/h1-13H,14-18H2. The van der Waals surface area contributed by atoms with E-state index < -0.39 is 0 Å². The molecule has 4 aromatic rings. The number of carbonyl (C=O) groups excluding carboxylic acids is 1. The van der Waals surface area contributed by atoms with E-state index >= 15 is 0 Å². The number of hydrogen-bond donors (Lipinski definition) is 0. The lowest BCUT2D eigenvalue weighted by molar-refractivity contribution is 0.0746. The van der Waals surface area contributed by atoms with Crippen molar-refractivity contribution in [2.75, 3.05) is 31.1 Å². The number of amides is 1. The predicted octanol–water partition coefficient (Wildman–Crippen LogP) is 4.19. The molecule has 156 valence electrons. The van der Waals surface area contributed by atoms with Gasteiger partial charge < -0.3 is 14.4 Å². The number of carbonyl (C=O) groups is 1. The van der Waals surface area contributed by atoms with E-state index in [1.54, 1.807) is 0 Å². The van der Waals surface area contributed by atoms with E-state index in [2.05, 4.69) is 15.5 Å². The summed E-state index contributed by atoms with van der Waals surface area (Å²) in [6.45, 7) is 3.33. The van der Waals surface area contributed by atoms with Gasteiger partial charge >= 0.3 is 0 Å². The van der Waals surface area contributed by atoms with Crippen molar-refractivity contribution in [1.29, 1.82) is 0 Å². The quantitative estimate of drug-likeness (QED) is 0.503. The summed E-state index contributed by atoms with van der Waals surface area (Å²) in [5, 5.41) is 0. The number of benzene rings is 3. The van der Waals surface area contributed by atoms with E-state index in [-0.39, 0.29) is 11.7 Å². The van der Waals surface area contributed by atoms with Crippen molar-refractivity contribution in [1.82, 2.24) is 14.5 Å². The van der Waals surface area contributed by atoms with E-state index in [1.807, 2.05) is 65.6 Å². The van der Waals surface area contributed by atoms with Gasteiger partial charge in [-0.3, -0.25) is 4.79 Å². The third kappa shape index (κ3) is 3.89. The summed E-state index contributed by atoms with van der Waals surface area (Å²) >= 11 is 0. The molecule has 1 amide bonds. The number of hydrogen-bond acceptors (Lipinski definition) is 3. The van der Waals surface area contributed by atoms with Gasteiger partial charge in [0.1, 0.15) is 5.82 Å². The fraction of sp³-hybridized carbons (Fsp3) is 0.200. The van der Waals surface area contributed by atoms with Gasteiger partial charge in [-0.15, -0.1) is 0 Å². The predicted molar refractivity (Wildman–Crippen MR) is 120 cm³/mol. The van der Waals surface area contributed by atoms with E-state index in [9.17, 15) is 9.18 Å². The second kappa shape index (κ2) is 8.22. The highest BCUT2D eigenvalue weighted by molar-refractivity contribution is 5.94. The molecule has 1 aliphatic rings. The average Bonchev–Trinajstić information content (AvgIpc) is 3.19. The van der Waals surface area contributed by atoms with Crippen LogP contribution in [0.4, 0.5) is 10.3 Å². The van der Waals surface area contributed by atoms with Crippen LogP contribution in [-0.4, -0.2) is 46.5 Å². The first-order valence-corrected chi connectivity index (χ1v) is 10.5. The Balaban J connectivity index is 1.39. The molecule has 5 nitrogen and oxygen atoms in total. The molecule has 3 aromatic carbocycles. The van der Waals surface area contributed by atoms with Crippen molar-refractivity contribution in [3.05, 3.63) is 95.8 Å². The van der Waals surface area contributed by atoms with Crippen molar-refractivity contribution in [3.63, 3.8) is 0 Å². The van der Waals surface area contributed by atoms with Crippen LogP contribution in [0.25, 0.3) is 11.0 Å². The first-order valence-electron chi connectivity index (χ1n) is 10.5. The van der Waals surface area contributed by atoms with Crippen LogP contribution in [0, 0.1) is 5.82 Å². The molecule has 0 radical (unpaired) electrons. The van der Waals surface area contributed by atoms with Gasteiger partial charge in [0.05, 0.1) is 17.6 Å². The molecule has 1 saturated heterocycles. The van der Waals surface area contributed by atoms with Gasteiger partial charge in [0.15, 0.2) is 0 Å². The minimum atomic E-state index is -0.237. The van der Waals surface area contributed by atoms with Crippen LogP contribution in [0.5, 0.6) is 0 Å². The Morgan fingerprint density at radius 1 is 0.839 bits per heavy atom. The molecule has 0 aliphatic carbocycles. The molecule has 0 saturated carbocycles. The minimum Gasteiger partial charge on any atom is -0.339 e. The van der Waals surface area contributed by atoms with E-state index in [0.717, 1.165) is 28.1 Å². The van der Waals surface area contributed by atoms with Gasteiger partial charge in [0.2, 0.25) is 5.95 Å². The summed E-state index contributed by atoms with van der Waals surface area (Å²) < 4.78 is 15.5. The van der Waals surface area contributed by atoms with Gasteiger partial charge in [0, 0.05) is 31.7 Å². The largest absolute Gasteiger partial charge is 0.339 e. The lowest BCUT2D eigenvalue weighted by atomic mass is 10.2. The molecule has 31 heavy (non-hydrogen) atoms. The van der Waals surface area contributed by atoms with E-state index in [4.69, 9.17) is 4.98 Å². The number of fused-ring (bicyclic) bond motifs is 1. The molecular weight excluding hydrogens is 391 g/mol. The summed E-state index contributed by atoms with van der Waals surface area (Å²) in [5.41, 5.74) is 3.72. The third-order valence-corrected chi connectivity index (χ3v) is 5.76. The first-order chi connectivity index (χ1) is 15.2. The van der Waals surface area contributed by atoms with Gasteiger partial charge in [0.25, 0.3) is 5.91 Å². The Labute approximate surface area is 180 Å². The van der Waals surface area contributed by atoms with Crippen molar-refractivity contribution in [2.45, 2.75) is 6.54 Å². The van der Waals surface area contributed by atoms with Crippen LogP contribution in [-0.2, 0) is 6.54 Å². The highest BCUT2D eigenvalue weighted by Crippen LogP contribution is 2.25. The van der Waals surface area contributed by atoms with Crippen molar-refractivity contribution in [3.8, 4) is 0 Å². The zero-order chi connectivity index (χ0) is 21.2. The number of aromatic nitrogens is 2. The van der Waals surface area contributed by atoms with Crippen LogP contribution >= 0.6 is 0 Å². The number of imidazole rings is 1. The monoisotopic (exact) mass is 414 g/mol. The summed E-state index contributed by atoms with van der Waals surface area (Å²) in [7, 11) is 0. The molecule has 0 bridgehead atoms. The van der Waals surface area contributed by atoms with Crippen molar-refractivity contribution in [2.24, 2.45) is 0 Å². The molecule has 6 heteroatoms. The first kappa shape index (κ1) is 19.3. The number of para-hydroxylation sites is 2. The average molecular weight is 414 g/mol. The fourth-order valence-corrected chi connectivity index (χ4v) is 4.11. The summed E-state index contributed by atoms with van der Waals surface area (Å²) in [5.74, 6) is 0.719. The highest BCUT2D eigenvalue weighted by Gasteiger charge is 2.25. The number of halogens is 1. The minimum absolute atomic E-state index is 0.0695. The van der Waals surface area contributed by atoms with Crippen LogP contribution in [0.15, 0.2) is 78.9 Å². The molecular formula is C25H23FN4O. The molecule has 0 N–H and O–H groups in total. The van der Waals surface area contributed by atoms with Gasteiger partial charge in [-0.05, 0) is 42.0 Å². The Bertz CT molecular complexity index is 1200. The van der Waals surface area contributed by atoms with Crippen LogP contribution in [0.3, 0.4) is 0 Å². The van der Waals surface area contributed by atoms with E-state index in [0.29, 0.717) is 32.7 Å². The number of nitrogens with zero attached hydrogens (tertiary/aromatic N) is 4. The fourth-order valence-electron chi connectivity index (χ4n) is 4.11.